The van der Waals surface area contributed by atoms with E-state index >= 15 is 0 Å². The van der Waals surface area contributed by atoms with Gasteiger partial charge in [-0.2, -0.15) is 0 Å². The van der Waals surface area contributed by atoms with Crippen LogP contribution in [0.15, 0.2) is 23.8 Å². The molecule has 0 aromatic rings. The Bertz CT molecular complexity index is 1160. The van der Waals surface area contributed by atoms with E-state index in [1.807, 2.05) is 26.8 Å². The van der Waals surface area contributed by atoms with Gasteiger partial charge >= 0.3 is 17.9 Å². The van der Waals surface area contributed by atoms with Crippen molar-refractivity contribution >= 4 is 41.1 Å². The molecule has 0 bridgehead atoms. The number of hydrogen-bond acceptors (Lipinski definition) is 8. The molecule has 0 heterocycles. The summed E-state index contributed by atoms with van der Waals surface area (Å²) in [5.41, 5.74) is -2.41. The molecule has 0 amide bonds. The fourth-order valence-electron chi connectivity index (χ4n) is 8.30. The third kappa shape index (κ3) is 4.20. The predicted molar refractivity (Wildman–Crippen MR) is 143 cm³/mol. The summed E-state index contributed by atoms with van der Waals surface area (Å²) in [4.78, 5) is 62.5. The highest BCUT2D eigenvalue weighted by Gasteiger charge is 2.77. The third-order valence-electron chi connectivity index (χ3n) is 10.1. The Labute approximate surface area is 234 Å². The van der Waals surface area contributed by atoms with Crippen molar-refractivity contribution in [2.75, 3.05) is 6.61 Å². The smallest absolute Gasteiger partial charge is 0.306 e. The zero-order chi connectivity index (χ0) is 29.0. The first-order valence-corrected chi connectivity index (χ1v) is 14.3. The highest BCUT2D eigenvalue weighted by atomic mass is 35.5. The molecule has 3 saturated carbocycles. The van der Waals surface area contributed by atoms with Crippen molar-refractivity contribution in [3.63, 3.8) is 0 Å². The lowest BCUT2D eigenvalue weighted by Crippen LogP contribution is -2.70. The largest absolute Gasteiger partial charge is 0.461 e. The van der Waals surface area contributed by atoms with Crippen molar-refractivity contribution in [1.29, 1.82) is 0 Å². The minimum absolute atomic E-state index is 0.0680. The zero-order valence-corrected chi connectivity index (χ0v) is 24.4. The average molecular weight is 563 g/mol. The molecule has 8 atom stereocenters. The van der Waals surface area contributed by atoms with E-state index < -0.39 is 63.6 Å². The molecule has 0 aliphatic heterocycles. The normalized spacial score (nSPS) is 40.5. The lowest BCUT2D eigenvalue weighted by molar-refractivity contribution is -0.207. The van der Waals surface area contributed by atoms with E-state index in [2.05, 4.69) is 0 Å². The first kappa shape index (κ1) is 29.5. The average Bonchev–Trinajstić information content (AvgIpc) is 3.09. The minimum Gasteiger partial charge on any atom is -0.461 e. The highest BCUT2D eigenvalue weighted by Crippen LogP contribution is 2.72. The van der Waals surface area contributed by atoms with Gasteiger partial charge in [-0.05, 0) is 49.7 Å². The van der Waals surface area contributed by atoms with E-state index in [9.17, 15) is 24.0 Å². The standard InChI is InChI=1S/C30H39ClO8/c1-7-25(35)37-16-23(34)30(39-26(36)8-2)17(3)13-22-21-10-9-19-14-20(33)11-12-27(19,5)29(21,31)24(38-18(4)32)15-28(22,30)6/h11-12,14,17,21-22,24H,7-10,13,15-16H2,1-6H3/t17-,21-,22-,24-,27-,28-,29?,30-/m0/s1. The number of halogens is 1. The summed E-state index contributed by atoms with van der Waals surface area (Å²) in [7, 11) is 0. The minimum atomic E-state index is -1.59. The number of Topliss-reactive ketones (excluding diaryl/α,β-unsaturated/α-hetero) is 1. The van der Waals surface area contributed by atoms with E-state index in [1.165, 1.54) is 13.0 Å². The molecule has 0 aromatic carbocycles. The van der Waals surface area contributed by atoms with Crippen molar-refractivity contribution in [2.45, 2.75) is 96.6 Å². The Kier molecular flexibility index (Phi) is 7.69. The molecular weight excluding hydrogens is 524 g/mol. The second-order valence-corrected chi connectivity index (χ2v) is 12.6. The van der Waals surface area contributed by atoms with E-state index in [0.717, 1.165) is 5.57 Å². The van der Waals surface area contributed by atoms with Crippen molar-refractivity contribution in [3.8, 4) is 0 Å². The summed E-state index contributed by atoms with van der Waals surface area (Å²) in [6, 6.07) is 0. The Morgan fingerprint density at radius 2 is 1.74 bits per heavy atom. The molecular formula is C30H39ClO8. The van der Waals surface area contributed by atoms with Gasteiger partial charge in [0.25, 0.3) is 0 Å². The van der Waals surface area contributed by atoms with Gasteiger partial charge in [0.1, 0.15) is 6.10 Å². The van der Waals surface area contributed by atoms with Crippen molar-refractivity contribution in [3.05, 3.63) is 23.8 Å². The molecule has 214 valence electrons. The molecule has 4 aliphatic carbocycles. The summed E-state index contributed by atoms with van der Waals surface area (Å²) < 4.78 is 17.4. The number of rotatable bonds is 7. The van der Waals surface area contributed by atoms with Gasteiger partial charge in [-0.3, -0.25) is 24.0 Å². The molecule has 0 aromatic heterocycles. The topological polar surface area (TPSA) is 113 Å². The summed E-state index contributed by atoms with van der Waals surface area (Å²) in [5.74, 6) is -2.93. The van der Waals surface area contributed by atoms with Crippen molar-refractivity contribution in [2.24, 2.45) is 28.6 Å². The molecule has 39 heavy (non-hydrogen) atoms. The van der Waals surface area contributed by atoms with Crippen LogP contribution in [-0.4, -0.2) is 52.7 Å². The first-order chi connectivity index (χ1) is 18.2. The number of hydrogen-bond donors (Lipinski definition) is 0. The third-order valence-corrected chi connectivity index (χ3v) is 11.0. The van der Waals surface area contributed by atoms with Crippen LogP contribution in [0.3, 0.4) is 0 Å². The molecule has 3 fully saturated rings. The van der Waals surface area contributed by atoms with Crippen LogP contribution in [0.1, 0.15) is 80.1 Å². The molecule has 0 spiro atoms. The maximum Gasteiger partial charge on any atom is 0.306 e. The fraction of sp³-hybridized carbons (Fsp3) is 0.700. The van der Waals surface area contributed by atoms with Gasteiger partial charge in [-0.15, -0.1) is 11.6 Å². The summed E-state index contributed by atoms with van der Waals surface area (Å²) in [5, 5.41) is 0. The van der Waals surface area contributed by atoms with Crippen LogP contribution >= 0.6 is 11.6 Å². The van der Waals surface area contributed by atoms with Gasteiger partial charge in [0.15, 0.2) is 18.0 Å². The fourth-order valence-corrected chi connectivity index (χ4v) is 8.86. The second kappa shape index (κ2) is 10.2. The molecule has 1 unspecified atom stereocenters. The summed E-state index contributed by atoms with van der Waals surface area (Å²) >= 11 is 7.71. The quantitative estimate of drug-likeness (QED) is 0.250. The molecule has 9 heteroatoms. The van der Waals surface area contributed by atoms with E-state index in [-0.39, 0.29) is 36.9 Å². The van der Waals surface area contributed by atoms with Crippen LogP contribution in [0, 0.1) is 28.6 Å². The number of carbonyl (C=O) groups excluding carboxylic acids is 5. The molecule has 8 nitrogen and oxygen atoms in total. The monoisotopic (exact) mass is 562 g/mol. The maximum atomic E-state index is 14.1. The van der Waals surface area contributed by atoms with Crippen LogP contribution < -0.4 is 0 Å². The number of allylic oxidation sites excluding steroid dienone is 4. The van der Waals surface area contributed by atoms with Crippen LogP contribution in [0.5, 0.6) is 0 Å². The van der Waals surface area contributed by atoms with Crippen molar-refractivity contribution in [1.82, 2.24) is 0 Å². The molecule has 0 radical (unpaired) electrons. The molecule has 0 saturated heterocycles. The Hall–Kier alpha value is -2.48. The number of ether oxygens (including phenoxy) is 3. The Morgan fingerprint density at radius 1 is 1.08 bits per heavy atom. The van der Waals surface area contributed by atoms with Gasteiger partial charge in [0.2, 0.25) is 5.78 Å². The lowest BCUT2D eigenvalue weighted by Gasteiger charge is -2.64. The number of esters is 3. The van der Waals surface area contributed by atoms with Gasteiger partial charge in [0, 0.05) is 36.5 Å². The number of carbonyl (C=O) groups is 5. The van der Waals surface area contributed by atoms with Crippen LogP contribution in [0.2, 0.25) is 0 Å². The summed E-state index contributed by atoms with van der Waals surface area (Å²) in [6.07, 6.45) is 6.28. The maximum absolute atomic E-state index is 14.1. The Balaban J connectivity index is 1.87. The lowest BCUT2D eigenvalue weighted by atomic mass is 9.45. The van der Waals surface area contributed by atoms with Crippen molar-refractivity contribution < 1.29 is 38.2 Å². The zero-order valence-electron chi connectivity index (χ0n) is 23.6. The van der Waals surface area contributed by atoms with E-state index in [0.29, 0.717) is 19.3 Å². The molecule has 0 N–H and O–H groups in total. The Morgan fingerprint density at radius 3 is 2.36 bits per heavy atom. The van der Waals surface area contributed by atoms with Crippen LogP contribution in [0.25, 0.3) is 0 Å². The number of ketones is 2. The van der Waals surface area contributed by atoms with E-state index in [4.69, 9.17) is 25.8 Å². The highest BCUT2D eigenvalue weighted by molar-refractivity contribution is 6.26. The van der Waals surface area contributed by atoms with Crippen LogP contribution in [0.4, 0.5) is 0 Å². The van der Waals surface area contributed by atoms with Gasteiger partial charge < -0.3 is 14.2 Å². The second-order valence-electron chi connectivity index (χ2n) is 12.0. The molecule has 4 aliphatic rings. The summed E-state index contributed by atoms with van der Waals surface area (Å²) in [6.45, 7) is 9.90. The van der Waals surface area contributed by atoms with Crippen LogP contribution in [-0.2, 0) is 38.2 Å². The van der Waals surface area contributed by atoms with Gasteiger partial charge in [-0.1, -0.05) is 46.3 Å². The first-order valence-electron chi connectivity index (χ1n) is 13.9. The predicted octanol–water partition coefficient (Wildman–Crippen LogP) is 4.66. The molecule has 4 rings (SSSR count). The van der Waals surface area contributed by atoms with Gasteiger partial charge in [0.05, 0.1) is 4.87 Å². The number of alkyl halides is 1. The number of fused-ring (bicyclic) bond motifs is 5. The van der Waals surface area contributed by atoms with E-state index in [1.54, 1.807) is 19.9 Å². The van der Waals surface area contributed by atoms with Gasteiger partial charge in [-0.25, -0.2) is 0 Å². The SMILES string of the molecule is CCC(=O)OCC(=O)[C@@]1(OC(=O)CC)[C@@H](C)C[C@H]2[C@@H]3CCC4=CC(=O)C=C[C@]4(C)C3(Cl)[C@@H](OC(C)=O)C[C@@]21C.